The van der Waals surface area contributed by atoms with Crippen LogP contribution in [0.5, 0.6) is 0 Å². The van der Waals surface area contributed by atoms with Crippen LogP contribution in [0.15, 0.2) is 11.5 Å². The van der Waals surface area contributed by atoms with Crippen molar-refractivity contribution in [2.75, 3.05) is 6.61 Å². The molecule has 176 valence electrons. The standard InChI is InChI=1S/C12H8F12O6/c13-7(9(15,16)17)11(21,22)29-4-3(2(26)1-25)28-6(27)5(4)30-12(23,24)8(14)10(18,19)20/h2-3,7-8,25-26H,1H2/t2-,3+,7?,8?/m0/s1. The fourth-order valence-electron chi connectivity index (χ4n) is 1.76. The molecule has 2 N–H and O–H groups in total. The summed E-state index contributed by atoms with van der Waals surface area (Å²) in [5, 5.41) is 18.0. The Morgan fingerprint density at radius 1 is 0.867 bits per heavy atom. The van der Waals surface area contributed by atoms with Crippen LogP contribution in [-0.4, -0.2) is 71.9 Å². The number of aliphatic hydroxyl groups is 2. The summed E-state index contributed by atoms with van der Waals surface area (Å²) in [5.74, 6) is -7.32. The van der Waals surface area contributed by atoms with Crippen LogP contribution in [0.3, 0.4) is 0 Å². The van der Waals surface area contributed by atoms with Crippen molar-refractivity contribution in [3.63, 3.8) is 0 Å². The van der Waals surface area contributed by atoms with Crippen LogP contribution in [-0.2, 0) is 19.0 Å². The van der Waals surface area contributed by atoms with Gasteiger partial charge < -0.3 is 24.4 Å². The minimum atomic E-state index is -6.33. The van der Waals surface area contributed by atoms with Gasteiger partial charge in [-0.3, -0.25) is 0 Å². The minimum Gasteiger partial charge on any atom is -0.445 e. The number of alkyl halides is 12. The number of cyclic esters (lactones) is 1. The molecule has 18 heteroatoms. The third kappa shape index (κ3) is 5.52. The molecule has 1 heterocycles. The van der Waals surface area contributed by atoms with Gasteiger partial charge in [-0.25, -0.2) is 13.6 Å². The van der Waals surface area contributed by atoms with E-state index in [1.54, 1.807) is 0 Å². The van der Waals surface area contributed by atoms with Crippen LogP contribution >= 0.6 is 0 Å². The highest BCUT2D eigenvalue weighted by atomic mass is 19.4. The molecular weight excluding hydrogens is 468 g/mol. The molecule has 30 heavy (non-hydrogen) atoms. The Morgan fingerprint density at radius 3 is 1.63 bits per heavy atom. The van der Waals surface area contributed by atoms with Gasteiger partial charge in [0.25, 0.3) is 18.1 Å². The summed E-state index contributed by atoms with van der Waals surface area (Å²) in [4.78, 5) is 11.4. The summed E-state index contributed by atoms with van der Waals surface area (Å²) < 4.78 is 162. The molecule has 2 unspecified atom stereocenters. The largest absolute Gasteiger partial charge is 0.445 e. The first kappa shape index (κ1) is 25.9. The Hall–Kier alpha value is -2.11. The summed E-state index contributed by atoms with van der Waals surface area (Å²) in [7, 11) is 0. The van der Waals surface area contributed by atoms with Crippen LogP contribution in [0, 0.1) is 0 Å². The fraction of sp³-hybridized carbons (Fsp3) is 0.750. The maximum atomic E-state index is 13.4. The number of ether oxygens (including phenoxy) is 3. The van der Waals surface area contributed by atoms with Crippen molar-refractivity contribution >= 4 is 5.97 Å². The summed E-state index contributed by atoms with van der Waals surface area (Å²) >= 11 is 0. The van der Waals surface area contributed by atoms with Crippen molar-refractivity contribution < 1.29 is 81.9 Å². The maximum absolute atomic E-state index is 13.4. The highest BCUT2D eigenvalue weighted by Gasteiger charge is 2.63. The highest BCUT2D eigenvalue weighted by Crippen LogP contribution is 2.43. The Morgan fingerprint density at radius 2 is 1.27 bits per heavy atom. The molecule has 0 aliphatic carbocycles. The van der Waals surface area contributed by atoms with Crippen LogP contribution < -0.4 is 0 Å². The van der Waals surface area contributed by atoms with Gasteiger partial charge in [-0.2, -0.15) is 43.9 Å². The first-order chi connectivity index (χ1) is 13.3. The zero-order valence-corrected chi connectivity index (χ0v) is 13.6. The van der Waals surface area contributed by atoms with Gasteiger partial charge in [-0.15, -0.1) is 0 Å². The lowest BCUT2D eigenvalue weighted by Crippen LogP contribution is -2.46. The van der Waals surface area contributed by atoms with Crippen LogP contribution in [0.25, 0.3) is 0 Å². The monoisotopic (exact) mass is 476 g/mol. The van der Waals surface area contributed by atoms with Crippen molar-refractivity contribution in [3.8, 4) is 0 Å². The second kappa shape index (κ2) is 8.20. The zero-order chi connectivity index (χ0) is 23.9. The normalized spacial score (nSPS) is 21.9. The SMILES string of the molecule is O=C1O[C@H]([C@@H](O)CO)C(OC(F)(F)C(F)C(F)(F)F)=C1OC(F)(F)C(F)C(F)(F)F. The van der Waals surface area contributed by atoms with Crippen molar-refractivity contribution in [3.05, 3.63) is 11.5 Å². The van der Waals surface area contributed by atoms with E-state index in [2.05, 4.69) is 14.2 Å². The molecule has 1 rings (SSSR count). The molecule has 0 fully saturated rings. The van der Waals surface area contributed by atoms with E-state index in [1.807, 2.05) is 0 Å². The van der Waals surface area contributed by atoms with Crippen LogP contribution in [0.2, 0.25) is 0 Å². The molecule has 0 radical (unpaired) electrons. The second-order valence-electron chi connectivity index (χ2n) is 5.41. The van der Waals surface area contributed by atoms with E-state index < -0.39 is 73.2 Å². The number of rotatable bonds is 8. The predicted octanol–water partition coefficient (Wildman–Crippen LogP) is 2.50. The van der Waals surface area contributed by atoms with Gasteiger partial charge in [0.15, 0.2) is 11.9 Å². The summed E-state index contributed by atoms with van der Waals surface area (Å²) in [5.41, 5.74) is 0. The molecule has 1 aliphatic heterocycles. The molecule has 6 nitrogen and oxygen atoms in total. The van der Waals surface area contributed by atoms with Gasteiger partial charge >= 0.3 is 30.5 Å². The first-order valence-electron chi connectivity index (χ1n) is 7.05. The fourth-order valence-corrected chi connectivity index (χ4v) is 1.76. The first-order valence-corrected chi connectivity index (χ1v) is 7.05. The highest BCUT2D eigenvalue weighted by molar-refractivity contribution is 5.89. The van der Waals surface area contributed by atoms with E-state index in [9.17, 15) is 62.6 Å². The number of aliphatic hydroxyl groups excluding tert-OH is 2. The van der Waals surface area contributed by atoms with Crippen molar-refractivity contribution in [2.24, 2.45) is 0 Å². The zero-order valence-electron chi connectivity index (χ0n) is 13.6. The number of hydrogen-bond donors (Lipinski definition) is 2. The Bertz CT molecular complexity index is 672. The van der Waals surface area contributed by atoms with Gasteiger partial charge in [0.05, 0.1) is 6.61 Å². The number of hydrogen-bond acceptors (Lipinski definition) is 6. The van der Waals surface area contributed by atoms with E-state index >= 15 is 0 Å². The molecule has 0 aromatic rings. The molecule has 0 spiro atoms. The van der Waals surface area contributed by atoms with Gasteiger partial charge in [0, 0.05) is 0 Å². The third-order valence-corrected chi connectivity index (χ3v) is 3.09. The molecule has 0 bridgehead atoms. The average Bonchev–Trinajstić information content (AvgIpc) is 2.86. The molecule has 1 aliphatic rings. The maximum Gasteiger partial charge on any atom is 0.439 e. The third-order valence-electron chi connectivity index (χ3n) is 3.09. The topological polar surface area (TPSA) is 85.2 Å². The number of carbonyl (C=O) groups is 1. The summed E-state index contributed by atoms with van der Waals surface area (Å²) in [6.45, 7) is -1.56. The lowest BCUT2D eigenvalue weighted by Gasteiger charge is -2.27. The van der Waals surface area contributed by atoms with Crippen molar-refractivity contribution in [1.29, 1.82) is 0 Å². The average molecular weight is 476 g/mol. The minimum absolute atomic E-state index is 1.56. The molecule has 0 aromatic carbocycles. The molecule has 4 atom stereocenters. The van der Waals surface area contributed by atoms with E-state index in [0.717, 1.165) is 0 Å². The summed E-state index contributed by atoms with van der Waals surface area (Å²) in [6, 6.07) is 0. The van der Waals surface area contributed by atoms with Crippen LogP contribution in [0.1, 0.15) is 0 Å². The lowest BCUT2D eigenvalue weighted by molar-refractivity contribution is -0.333. The molecule has 0 aromatic heterocycles. The lowest BCUT2D eigenvalue weighted by atomic mass is 10.2. The van der Waals surface area contributed by atoms with Gasteiger partial charge in [0.1, 0.15) is 6.10 Å². The van der Waals surface area contributed by atoms with Crippen LogP contribution in [0.4, 0.5) is 52.7 Å². The Balaban J connectivity index is 3.44. The number of halogens is 12. The van der Waals surface area contributed by atoms with Gasteiger partial charge in [0.2, 0.25) is 0 Å². The van der Waals surface area contributed by atoms with E-state index in [4.69, 9.17) is 5.11 Å². The van der Waals surface area contributed by atoms with Crippen molar-refractivity contribution in [1.82, 2.24) is 0 Å². The second-order valence-corrected chi connectivity index (χ2v) is 5.41. The Kier molecular flexibility index (Phi) is 7.08. The van der Waals surface area contributed by atoms with Crippen molar-refractivity contribution in [2.45, 2.75) is 49.1 Å². The smallest absolute Gasteiger partial charge is 0.439 e. The van der Waals surface area contributed by atoms with Gasteiger partial charge in [-0.1, -0.05) is 0 Å². The number of esters is 1. The van der Waals surface area contributed by atoms with E-state index in [0.29, 0.717) is 0 Å². The van der Waals surface area contributed by atoms with Gasteiger partial charge in [-0.05, 0) is 0 Å². The molecule has 0 saturated heterocycles. The molecule has 0 amide bonds. The van der Waals surface area contributed by atoms with E-state index in [-0.39, 0.29) is 0 Å². The predicted molar refractivity (Wildman–Crippen MR) is 64.0 cm³/mol. The molecule has 0 saturated carbocycles. The van der Waals surface area contributed by atoms with E-state index in [1.165, 1.54) is 0 Å². The quantitative estimate of drug-likeness (QED) is 0.414. The Labute approximate surface area is 156 Å². The molecular formula is C12H8F12O6. The number of carbonyl (C=O) groups excluding carboxylic acids is 1. The summed E-state index contributed by atoms with van der Waals surface area (Å²) in [6.07, 6.45) is -40.5.